The molecule has 0 radical (unpaired) electrons. The second-order valence-corrected chi connectivity index (χ2v) is 5.71. The molecule has 0 bridgehead atoms. The van der Waals surface area contributed by atoms with Crippen LogP contribution in [0.25, 0.3) is 15.5 Å². The molecule has 0 saturated carbocycles. The maximum absolute atomic E-state index is 5.45. The Morgan fingerprint density at radius 1 is 1.19 bits per heavy atom. The molecular weight excluding hydrogens is 285 g/mol. The minimum absolute atomic E-state index is 0.184. The van der Waals surface area contributed by atoms with E-state index in [0.717, 1.165) is 15.8 Å². The van der Waals surface area contributed by atoms with Crippen molar-refractivity contribution in [1.82, 2.24) is 13.5 Å². The molecule has 0 unspecified atom stereocenters. The van der Waals surface area contributed by atoms with Crippen molar-refractivity contribution in [3.05, 3.63) is 47.5 Å². The number of benzene rings is 1. The van der Waals surface area contributed by atoms with Gasteiger partial charge in [-0.25, -0.2) is 0 Å². The maximum atomic E-state index is 5.45. The summed E-state index contributed by atoms with van der Waals surface area (Å²) in [5.41, 5.74) is 0. The quantitative estimate of drug-likeness (QED) is 0.509. The number of fused-ring (bicyclic) bond motifs is 1. The van der Waals surface area contributed by atoms with Gasteiger partial charge in [0.1, 0.15) is 0 Å². The van der Waals surface area contributed by atoms with Crippen LogP contribution < -0.4 is 0 Å². The molecule has 16 heavy (non-hydrogen) atoms. The van der Waals surface area contributed by atoms with E-state index in [1.54, 1.807) is 18.6 Å². The number of aromatic nitrogens is 3. The summed E-state index contributed by atoms with van der Waals surface area (Å²) >= 11 is 5.64. The second-order valence-electron chi connectivity index (χ2n) is 3.25. The Morgan fingerprint density at radius 3 is 2.81 bits per heavy atom. The molecule has 0 amide bonds. The summed E-state index contributed by atoms with van der Waals surface area (Å²) in [5, 5.41) is 1.16. The van der Waals surface area contributed by atoms with Gasteiger partial charge in [-0.2, -0.15) is 0 Å². The third-order valence-electron chi connectivity index (χ3n) is 2.25. The van der Waals surface area contributed by atoms with Crippen molar-refractivity contribution in [2.24, 2.45) is 0 Å². The van der Waals surface area contributed by atoms with E-state index in [0.29, 0.717) is 0 Å². The van der Waals surface area contributed by atoms with Gasteiger partial charge in [0.25, 0.3) is 0 Å². The Hall–Kier alpha value is -1.29. The average Bonchev–Trinajstić information content (AvgIpc) is 2.69. The third-order valence-corrected chi connectivity index (χ3v) is 5.23. The Kier molecular flexibility index (Phi) is 2.44. The Morgan fingerprint density at radius 2 is 2.06 bits per heavy atom. The number of nitrogens with zero attached hydrogens (tertiary/aromatic N) is 3. The van der Waals surface area contributed by atoms with Crippen LogP contribution in [0.15, 0.2) is 42.9 Å². The standard InChI is InChI=1S/C11H7N3SSe/c15-11-8-3-1-2-4-9(8)16-14(11)10-7-12-5-6-13-10/h1-7H. The van der Waals surface area contributed by atoms with Gasteiger partial charge in [0.15, 0.2) is 0 Å². The van der Waals surface area contributed by atoms with Crippen LogP contribution in [-0.2, 0) is 0 Å². The topological polar surface area (TPSA) is 30.7 Å². The molecule has 3 nitrogen and oxygen atoms in total. The molecule has 0 atom stereocenters. The third kappa shape index (κ3) is 1.53. The van der Waals surface area contributed by atoms with Crippen molar-refractivity contribution in [2.75, 3.05) is 0 Å². The molecule has 0 saturated heterocycles. The van der Waals surface area contributed by atoms with Gasteiger partial charge in [-0.05, 0) is 0 Å². The SMILES string of the molecule is S=c1c2ccccc2[se]n1-c1cnccn1. The van der Waals surface area contributed by atoms with E-state index in [4.69, 9.17) is 12.2 Å². The zero-order valence-corrected chi connectivity index (χ0v) is 10.7. The summed E-state index contributed by atoms with van der Waals surface area (Å²) in [5.74, 6) is 0.837. The first-order valence-electron chi connectivity index (χ1n) is 4.74. The van der Waals surface area contributed by atoms with E-state index in [9.17, 15) is 0 Å². The monoisotopic (exact) mass is 293 g/mol. The zero-order valence-electron chi connectivity index (χ0n) is 8.20. The Labute approximate surface area is 103 Å². The summed E-state index contributed by atoms with van der Waals surface area (Å²) < 4.78 is 4.24. The Bertz CT molecular complexity index is 687. The van der Waals surface area contributed by atoms with E-state index in [1.165, 1.54) is 4.26 Å². The second kappa shape index (κ2) is 3.94. The van der Waals surface area contributed by atoms with Crippen LogP contribution in [0, 0.1) is 4.64 Å². The molecule has 3 aromatic rings. The van der Waals surface area contributed by atoms with Gasteiger partial charge < -0.3 is 0 Å². The van der Waals surface area contributed by atoms with Crippen LogP contribution in [-0.4, -0.2) is 28.3 Å². The summed E-state index contributed by atoms with van der Waals surface area (Å²) in [7, 11) is 0. The van der Waals surface area contributed by atoms with Gasteiger partial charge in [0.2, 0.25) is 0 Å². The van der Waals surface area contributed by atoms with E-state index >= 15 is 0 Å². The molecule has 78 valence electrons. The molecule has 2 aromatic heterocycles. The molecule has 3 rings (SSSR count). The van der Waals surface area contributed by atoms with Gasteiger partial charge in [0.05, 0.1) is 0 Å². The van der Waals surface area contributed by atoms with Crippen LogP contribution in [0.1, 0.15) is 0 Å². The van der Waals surface area contributed by atoms with Gasteiger partial charge in [-0.1, -0.05) is 0 Å². The molecule has 0 spiro atoms. The number of hydrogen-bond acceptors (Lipinski definition) is 3. The normalized spacial score (nSPS) is 10.8. The average molecular weight is 292 g/mol. The zero-order chi connectivity index (χ0) is 11.0. The molecule has 1 aromatic carbocycles. The van der Waals surface area contributed by atoms with Gasteiger partial charge in [0, 0.05) is 0 Å². The molecule has 0 fully saturated rings. The van der Waals surface area contributed by atoms with Crippen molar-refractivity contribution in [2.45, 2.75) is 0 Å². The number of rotatable bonds is 1. The molecule has 0 aliphatic heterocycles. The first kappa shape index (κ1) is 9.90. The summed E-state index contributed by atoms with van der Waals surface area (Å²) in [6.07, 6.45) is 5.11. The fourth-order valence-corrected chi connectivity index (χ4v) is 4.16. The van der Waals surface area contributed by atoms with Crippen LogP contribution in [0.4, 0.5) is 0 Å². The summed E-state index contributed by atoms with van der Waals surface area (Å²) in [6, 6.07) is 8.25. The minimum atomic E-state index is 0.184. The molecule has 0 N–H and O–H groups in total. The van der Waals surface area contributed by atoms with E-state index in [-0.39, 0.29) is 14.7 Å². The van der Waals surface area contributed by atoms with Crippen molar-refractivity contribution >= 4 is 36.6 Å². The van der Waals surface area contributed by atoms with E-state index < -0.39 is 0 Å². The molecule has 2 heterocycles. The summed E-state index contributed by atoms with van der Waals surface area (Å²) in [6.45, 7) is 0. The van der Waals surface area contributed by atoms with Crippen LogP contribution >= 0.6 is 12.2 Å². The van der Waals surface area contributed by atoms with Gasteiger partial charge >= 0.3 is 103 Å². The molecule has 0 aliphatic rings. The fraction of sp³-hybridized carbons (Fsp3) is 0. The molecule has 5 heteroatoms. The molecular formula is C11H7N3SSe. The fourth-order valence-electron chi connectivity index (χ4n) is 1.52. The number of hydrogen-bond donors (Lipinski definition) is 0. The first-order chi connectivity index (χ1) is 7.86. The summed E-state index contributed by atoms with van der Waals surface area (Å²) in [4.78, 5) is 8.36. The van der Waals surface area contributed by atoms with Crippen LogP contribution in [0.2, 0.25) is 0 Å². The predicted octanol–water partition coefficient (Wildman–Crippen LogP) is 2.21. The van der Waals surface area contributed by atoms with E-state index in [2.05, 4.69) is 25.7 Å². The first-order valence-corrected chi connectivity index (χ1v) is 6.77. The van der Waals surface area contributed by atoms with Crippen molar-refractivity contribution in [3.8, 4) is 5.82 Å². The van der Waals surface area contributed by atoms with E-state index in [1.807, 2.05) is 12.1 Å². The predicted molar refractivity (Wildman–Crippen MR) is 66.6 cm³/mol. The van der Waals surface area contributed by atoms with Crippen molar-refractivity contribution in [1.29, 1.82) is 0 Å². The van der Waals surface area contributed by atoms with Crippen molar-refractivity contribution < 1.29 is 0 Å². The van der Waals surface area contributed by atoms with Crippen LogP contribution in [0.5, 0.6) is 0 Å². The molecule has 0 aliphatic carbocycles. The van der Waals surface area contributed by atoms with Crippen LogP contribution in [0.3, 0.4) is 0 Å². The van der Waals surface area contributed by atoms with Gasteiger partial charge in [-0.15, -0.1) is 0 Å². The Balaban J connectivity index is 2.34. The van der Waals surface area contributed by atoms with Gasteiger partial charge in [-0.3, -0.25) is 0 Å². The van der Waals surface area contributed by atoms with Crippen molar-refractivity contribution in [3.63, 3.8) is 0 Å².